The molecular weight excluding hydrogens is 356 g/mol. The molecule has 1 aromatic heterocycles. The second-order valence-electron chi connectivity index (χ2n) is 5.31. The molecular formula is C16H16N6O3S. The molecule has 0 aliphatic heterocycles. The van der Waals surface area contributed by atoms with E-state index in [2.05, 4.69) is 25.6 Å². The summed E-state index contributed by atoms with van der Waals surface area (Å²) in [7, 11) is -2.19. The number of nitrogens with one attached hydrogen (secondary N) is 2. The third-order valence-corrected chi connectivity index (χ3v) is 5.09. The maximum Gasteiger partial charge on any atom is 0.253 e. The lowest BCUT2D eigenvalue weighted by Gasteiger charge is -2.10. The highest BCUT2D eigenvalue weighted by molar-refractivity contribution is 7.89. The van der Waals surface area contributed by atoms with Gasteiger partial charge in [0, 0.05) is 6.54 Å². The highest BCUT2D eigenvalue weighted by Crippen LogP contribution is 2.14. The molecule has 0 radical (unpaired) electrons. The molecule has 3 aromatic rings. The first-order valence-corrected chi connectivity index (χ1v) is 9.12. The monoisotopic (exact) mass is 372 g/mol. The SMILES string of the molecule is CNS(=O)(=O)c1cccc(CNC(=O)c2ccccc2-n2cnnn2)c1. The summed E-state index contributed by atoms with van der Waals surface area (Å²) in [6, 6.07) is 13.3. The Morgan fingerprint density at radius 2 is 1.96 bits per heavy atom. The van der Waals surface area contributed by atoms with Crippen molar-refractivity contribution >= 4 is 15.9 Å². The molecule has 0 unspecified atom stereocenters. The Hall–Kier alpha value is -3.11. The molecule has 2 aromatic carbocycles. The van der Waals surface area contributed by atoms with E-state index in [1.54, 1.807) is 36.4 Å². The van der Waals surface area contributed by atoms with Gasteiger partial charge < -0.3 is 5.32 Å². The fraction of sp³-hybridized carbons (Fsp3) is 0.125. The van der Waals surface area contributed by atoms with E-state index < -0.39 is 10.0 Å². The largest absolute Gasteiger partial charge is 0.348 e. The van der Waals surface area contributed by atoms with Crippen molar-refractivity contribution in [3.05, 3.63) is 66.0 Å². The van der Waals surface area contributed by atoms with Crippen LogP contribution in [0.15, 0.2) is 59.8 Å². The molecule has 0 fully saturated rings. The summed E-state index contributed by atoms with van der Waals surface area (Å²) in [5, 5.41) is 13.7. The Balaban J connectivity index is 1.78. The lowest BCUT2D eigenvalue weighted by atomic mass is 10.1. The number of rotatable bonds is 6. The van der Waals surface area contributed by atoms with Gasteiger partial charge in [-0.2, -0.15) is 4.68 Å². The summed E-state index contributed by atoms with van der Waals surface area (Å²) in [6.45, 7) is 0.176. The normalized spacial score (nSPS) is 11.3. The first-order valence-electron chi connectivity index (χ1n) is 7.64. The Kier molecular flexibility index (Phi) is 5.05. The van der Waals surface area contributed by atoms with E-state index in [0.29, 0.717) is 16.8 Å². The minimum absolute atomic E-state index is 0.140. The maximum absolute atomic E-state index is 12.5. The van der Waals surface area contributed by atoms with Crippen molar-refractivity contribution in [3.63, 3.8) is 0 Å². The van der Waals surface area contributed by atoms with Gasteiger partial charge in [-0.05, 0) is 47.3 Å². The van der Waals surface area contributed by atoms with Crippen LogP contribution in [0.1, 0.15) is 15.9 Å². The molecule has 0 bridgehead atoms. The molecule has 0 saturated carbocycles. The predicted molar refractivity (Wildman–Crippen MR) is 93.0 cm³/mol. The molecule has 9 nitrogen and oxygen atoms in total. The van der Waals surface area contributed by atoms with Gasteiger partial charge in [0.05, 0.1) is 16.1 Å². The predicted octanol–water partition coefficient (Wildman–Crippen LogP) is 0.500. The van der Waals surface area contributed by atoms with E-state index in [1.807, 2.05) is 0 Å². The summed E-state index contributed by atoms with van der Waals surface area (Å²) in [5.74, 6) is -0.321. The van der Waals surface area contributed by atoms with E-state index in [-0.39, 0.29) is 17.3 Å². The van der Waals surface area contributed by atoms with Gasteiger partial charge in [0.2, 0.25) is 10.0 Å². The van der Waals surface area contributed by atoms with Crippen LogP contribution >= 0.6 is 0 Å². The van der Waals surface area contributed by atoms with E-state index in [0.717, 1.165) is 0 Å². The Labute approximate surface area is 150 Å². The van der Waals surface area contributed by atoms with Gasteiger partial charge in [-0.25, -0.2) is 13.1 Å². The van der Waals surface area contributed by atoms with Gasteiger partial charge in [0.1, 0.15) is 6.33 Å². The van der Waals surface area contributed by atoms with Crippen molar-refractivity contribution in [1.82, 2.24) is 30.2 Å². The van der Waals surface area contributed by atoms with Crippen molar-refractivity contribution in [2.45, 2.75) is 11.4 Å². The van der Waals surface area contributed by atoms with Crippen LogP contribution in [-0.4, -0.2) is 41.6 Å². The minimum atomic E-state index is -3.54. The number of hydrogen-bond acceptors (Lipinski definition) is 6. The summed E-state index contributed by atoms with van der Waals surface area (Å²) >= 11 is 0. The molecule has 10 heteroatoms. The highest BCUT2D eigenvalue weighted by Gasteiger charge is 2.14. The highest BCUT2D eigenvalue weighted by atomic mass is 32.2. The number of carbonyl (C=O) groups is 1. The van der Waals surface area contributed by atoms with Crippen LogP contribution in [0.25, 0.3) is 5.69 Å². The molecule has 26 heavy (non-hydrogen) atoms. The topological polar surface area (TPSA) is 119 Å². The average Bonchev–Trinajstić information content (AvgIpc) is 3.21. The third kappa shape index (κ3) is 3.76. The Morgan fingerprint density at radius 1 is 1.15 bits per heavy atom. The number of hydrogen-bond donors (Lipinski definition) is 2. The standard InChI is InChI=1S/C16H16N6O3S/c1-17-26(24,25)13-6-4-5-12(9-13)10-18-16(23)14-7-2-3-8-15(14)22-11-19-20-21-22/h2-9,11,17H,10H2,1H3,(H,18,23). The second kappa shape index (κ2) is 7.42. The van der Waals surface area contributed by atoms with Crippen LogP contribution in [0, 0.1) is 0 Å². The molecule has 1 heterocycles. The summed E-state index contributed by atoms with van der Waals surface area (Å²) in [6.07, 6.45) is 1.40. The number of para-hydroxylation sites is 1. The molecule has 1 amide bonds. The van der Waals surface area contributed by atoms with Gasteiger partial charge in [0.25, 0.3) is 5.91 Å². The summed E-state index contributed by atoms with van der Waals surface area (Å²) in [4.78, 5) is 12.7. The Morgan fingerprint density at radius 3 is 2.69 bits per heavy atom. The first kappa shape index (κ1) is 17.7. The van der Waals surface area contributed by atoms with Gasteiger partial charge in [-0.3, -0.25) is 4.79 Å². The van der Waals surface area contributed by atoms with Gasteiger partial charge in [0.15, 0.2) is 0 Å². The molecule has 0 atom stereocenters. The zero-order valence-corrected chi connectivity index (χ0v) is 14.6. The lowest BCUT2D eigenvalue weighted by Crippen LogP contribution is -2.24. The van der Waals surface area contributed by atoms with Crippen LogP contribution in [0.5, 0.6) is 0 Å². The van der Waals surface area contributed by atoms with Crippen LogP contribution in [0.4, 0.5) is 0 Å². The third-order valence-electron chi connectivity index (χ3n) is 3.68. The molecule has 0 aliphatic carbocycles. The fourth-order valence-corrected chi connectivity index (χ4v) is 3.16. The zero-order chi connectivity index (χ0) is 18.6. The van der Waals surface area contributed by atoms with Crippen molar-refractivity contribution in [3.8, 4) is 5.69 Å². The molecule has 3 rings (SSSR count). The molecule has 134 valence electrons. The zero-order valence-electron chi connectivity index (χ0n) is 13.8. The van der Waals surface area contributed by atoms with Crippen molar-refractivity contribution in [2.75, 3.05) is 7.05 Å². The first-order chi connectivity index (χ1) is 12.5. The van der Waals surface area contributed by atoms with Gasteiger partial charge >= 0.3 is 0 Å². The number of nitrogens with zero attached hydrogens (tertiary/aromatic N) is 4. The minimum Gasteiger partial charge on any atom is -0.348 e. The van der Waals surface area contributed by atoms with Crippen LogP contribution < -0.4 is 10.0 Å². The quantitative estimate of drug-likeness (QED) is 0.650. The van der Waals surface area contributed by atoms with Gasteiger partial charge in [-0.15, -0.1) is 5.10 Å². The van der Waals surface area contributed by atoms with Crippen molar-refractivity contribution in [2.24, 2.45) is 0 Å². The molecule has 0 spiro atoms. The smallest absolute Gasteiger partial charge is 0.253 e. The van der Waals surface area contributed by atoms with E-state index in [9.17, 15) is 13.2 Å². The van der Waals surface area contributed by atoms with Crippen molar-refractivity contribution < 1.29 is 13.2 Å². The fourth-order valence-electron chi connectivity index (χ4n) is 2.36. The number of sulfonamides is 1. The number of amides is 1. The number of benzene rings is 2. The molecule has 2 N–H and O–H groups in total. The number of tetrazole rings is 1. The van der Waals surface area contributed by atoms with Crippen LogP contribution in [0.3, 0.4) is 0 Å². The van der Waals surface area contributed by atoms with E-state index >= 15 is 0 Å². The molecule has 0 saturated heterocycles. The van der Waals surface area contributed by atoms with Gasteiger partial charge in [-0.1, -0.05) is 24.3 Å². The number of aromatic nitrogens is 4. The summed E-state index contributed by atoms with van der Waals surface area (Å²) < 4.78 is 27.4. The maximum atomic E-state index is 12.5. The second-order valence-corrected chi connectivity index (χ2v) is 7.20. The lowest BCUT2D eigenvalue weighted by molar-refractivity contribution is 0.0950. The molecule has 0 aliphatic rings. The van der Waals surface area contributed by atoms with Crippen LogP contribution in [0.2, 0.25) is 0 Å². The van der Waals surface area contributed by atoms with Crippen LogP contribution in [-0.2, 0) is 16.6 Å². The Bertz CT molecular complexity index is 1020. The van der Waals surface area contributed by atoms with E-state index in [4.69, 9.17) is 0 Å². The average molecular weight is 372 g/mol. The summed E-state index contributed by atoms with van der Waals surface area (Å²) in [5.41, 5.74) is 1.61. The van der Waals surface area contributed by atoms with E-state index in [1.165, 1.54) is 30.2 Å². The number of carbonyl (C=O) groups excluding carboxylic acids is 1. The van der Waals surface area contributed by atoms with Crippen molar-refractivity contribution in [1.29, 1.82) is 0 Å².